The van der Waals surface area contributed by atoms with E-state index in [1.54, 1.807) is 6.92 Å². The molecule has 11 heteroatoms. The number of allylic oxidation sites excluding steroid dienone is 1. The van der Waals surface area contributed by atoms with Crippen molar-refractivity contribution in [2.24, 2.45) is 15.8 Å². The highest BCUT2D eigenvalue weighted by atomic mass is 19.1. The van der Waals surface area contributed by atoms with Gasteiger partial charge in [0.15, 0.2) is 0 Å². The van der Waals surface area contributed by atoms with Crippen LogP contribution in [0.3, 0.4) is 0 Å². The van der Waals surface area contributed by atoms with Crippen LogP contribution in [0.5, 0.6) is 0 Å². The van der Waals surface area contributed by atoms with Crippen molar-refractivity contribution in [2.75, 3.05) is 6.61 Å². The Morgan fingerprint density at radius 1 is 1.17 bits per heavy atom. The van der Waals surface area contributed by atoms with Crippen LogP contribution >= 0.6 is 0 Å². The number of amides is 1. The molecule has 0 saturated heterocycles. The van der Waals surface area contributed by atoms with E-state index < -0.39 is 41.4 Å². The lowest BCUT2D eigenvalue weighted by Gasteiger charge is -2.25. The number of carbonyl (C=O) groups excluding carboxylic acids is 1. The van der Waals surface area contributed by atoms with Crippen LogP contribution < -0.4 is 11.1 Å². The Morgan fingerprint density at radius 3 is 2.36 bits per heavy atom. The van der Waals surface area contributed by atoms with Crippen LogP contribution in [0.2, 0.25) is 0 Å². The Hall–Kier alpha value is -3.92. The summed E-state index contributed by atoms with van der Waals surface area (Å²) in [6.45, 7) is 5.36. The van der Waals surface area contributed by atoms with E-state index in [4.69, 9.17) is 10.8 Å². The number of benzene rings is 2. The van der Waals surface area contributed by atoms with Crippen LogP contribution in [-0.4, -0.2) is 35.9 Å². The second-order valence-electron chi connectivity index (χ2n) is 7.91. The fraction of sp³-hybridized carbons (Fsp3) is 0.280. The summed E-state index contributed by atoms with van der Waals surface area (Å²) in [4.78, 5) is 20.2. The zero-order valence-electron chi connectivity index (χ0n) is 19.6. The number of nitrogens with two attached hydrogens (primary N) is 1. The number of hydrogen-bond acceptors (Lipinski definition) is 5. The molecule has 1 amide bonds. The van der Waals surface area contributed by atoms with Crippen molar-refractivity contribution >= 4 is 12.1 Å². The number of azide groups is 1. The predicted molar refractivity (Wildman–Crippen MR) is 131 cm³/mol. The second kappa shape index (κ2) is 13.8. The van der Waals surface area contributed by atoms with Crippen LogP contribution in [0, 0.1) is 17.5 Å². The number of halogens is 3. The fourth-order valence-corrected chi connectivity index (χ4v) is 3.46. The minimum Gasteiger partial charge on any atom is -0.395 e. The highest BCUT2D eigenvalue weighted by molar-refractivity contribution is 5.86. The van der Waals surface area contributed by atoms with E-state index in [1.165, 1.54) is 24.5 Å². The molecule has 0 aliphatic carbocycles. The minimum atomic E-state index is -1.52. The van der Waals surface area contributed by atoms with Crippen LogP contribution in [0.25, 0.3) is 10.4 Å². The van der Waals surface area contributed by atoms with E-state index in [1.807, 2.05) is 0 Å². The van der Waals surface area contributed by atoms with Gasteiger partial charge in [-0.15, -0.1) is 0 Å². The molecule has 0 heterocycles. The van der Waals surface area contributed by atoms with Gasteiger partial charge in [-0.05, 0) is 66.3 Å². The number of aliphatic hydroxyl groups is 1. The predicted octanol–water partition coefficient (Wildman–Crippen LogP) is 4.62. The molecule has 0 aliphatic heterocycles. The lowest BCUT2D eigenvalue weighted by molar-refractivity contribution is -0.121. The summed E-state index contributed by atoms with van der Waals surface area (Å²) in [5.74, 6) is -4.32. The first-order chi connectivity index (χ1) is 17.2. The molecule has 8 nitrogen and oxygen atoms in total. The molecule has 0 unspecified atom stereocenters. The monoisotopic (exact) mass is 500 g/mol. The third kappa shape index (κ3) is 8.09. The van der Waals surface area contributed by atoms with E-state index in [9.17, 15) is 23.5 Å². The molecule has 0 bridgehead atoms. The Balaban J connectivity index is 2.51. The number of hydrogen-bond donors (Lipinski definition) is 3. The van der Waals surface area contributed by atoms with Crippen molar-refractivity contribution in [3.8, 4) is 0 Å². The number of nitrogens with one attached hydrogen (secondary N) is 1. The van der Waals surface area contributed by atoms with E-state index in [0.29, 0.717) is 30.0 Å². The summed E-state index contributed by atoms with van der Waals surface area (Å²) in [7, 11) is 0. The Bertz CT molecular complexity index is 1160. The van der Waals surface area contributed by atoms with Crippen molar-refractivity contribution in [3.05, 3.63) is 106 Å². The lowest BCUT2D eigenvalue weighted by Crippen LogP contribution is -2.37. The average molecular weight is 501 g/mol. The Morgan fingerprint density at radius 2 is 1.81 bits per heavy atom. The van der Waals surface area contributed by atoms with Crippen molar-refractivity contribution in [1.29, 1.82) is 0 Å². The van der Waals surface area contributed by atoms with Gasteiger partial charge >= 0.3 is 0 Å². The second-order valence-corrected chi connectivity index (χ2v) is 7.91. The normalized spacial score (nSPS) is 14.1. The van der Waals surface area contributed by atoms with E-state index in [2.05, 4.69) is 26.9 Å². The van der Waals surface area contributed by atoms with Crippen molar-refractivity contribution in [2.45, 2.75) is 37.8 Å². The van der Waals surface area contributed by atoms with Crippen LogP contribution in [-0.2, 0) is 4.79 Å². The van der Waals surface area contributed by atoms with Gasteiger partial charge in [0, 0.05) is 29.2 Å². The highest BCUT2D eigenvalue weighted by Gasteiger charge is 2.32. The van der Waals surface area contributed by atoms with Crippen molar-refractivity contribution in [1.82, 2.24) is 5.32 Å². The fourth-order valence-electron chi connectivity index (χ4n) is 3.46. The summed E-state index contributed by atoms with van der Waals surface area (Å²) >= 11 is 0. The molecule has 0 saturated carbocycles. The number of nitrogens with zero attached hydrogens (tertiary/aromatic N) is 4. The van der Waals surface area contributed by atoms with E-state index in [0.717, 1.165) is 24.3 Å². The zero-order valence-corrected chi connectivity index (χ0v) is 19.6. The molecule has 2 aromatic carbocycles. The topological polar surface area (TPSA) is 136 Å². The largest absolute Gasteiger partial charge is 0.395 e. The summed E-state index contributed by atoms with van der Waals surface area (Å²) in [6, 6.07) is 5.59. The molecule has 2 aromatic rings. The molecule has 0 radical (unpaired) electrons. The van der Waals surface area contributed by atoms with Crippen molar-refractivity contribution in [3.63, 3.8) is 0 Å². The molecule has 0 aromatic heterocycles. The van der Waals surface area contributed by atoms with Gasteiger partial charge in [0.2, 0.25) is 5.91 Å². The molecule has 0 spiro atoms. The van der Waals surface area contributed by atoms with Crippen LogP contribution in [0.1, 0.15) is 36.8 Å². The van der Waals surface area contributed by atoms with Gasteiger partial charge < -0.3 is 16.2 Å². The summed E-state index contributed by atoms with van der Waals surface area (Å²) in [5.41, 5.74) is 15.9. The van der Waals surface area contributed by atoms with Gasteiger partial charge in [0.05, 0.1) is 18.5 Å². The molecule has 2 rings (SSSR count). The first-order valence-electron chi connectivity index (χ1n) is 11.0. The maximum atomic E-state index is 14.1. The summed E-state index contributed by atoms with van der Waals surface area (Å²) < 4.78 is 41.8. The number of aliphatic hydroxyl groups excluding tert-OH is 1. The minimum absolute atomic E-state index is 0.0107. The molecular weight excluding hydrogens is 473 g/mol. The highest BCUT2D eigenvalue weighted by Crippen LogP contribution is 2.32. The standard InChI is InChI=1S/C25H27F3N6O2/c1-3-31-13-22(15(2)4-9-21(29)14-35)32-25(36)24(33-34-30)23(16-5-7-18(26)8-6-16)17-10-19(27)12-20(28)11-17/h3,5-8,10-13,21,23-24,35H,2,4,9,14,29H2,1H3,(H,32,36)/b22-13+,31-3?/t21-,23-,24-/m0/s1. The summed E-state index contributed by atoms with van der Waals surface area (Å²) in [5, 5.41) is 15.4. The lowest BCUT2D eigenvalue weighted by atomic mass is 9.84. The Labute approximate surface area is 206 Å². The first kappa shape index (κ1) is 28.3. The van der Waals surface area contributed by atoms with Gasteiger partial charge in [0.1, 0.15) is 23.5 Å². The van der Waals surface area contributed by atoms with Gasteiger partial charge in [-0.1, -0.05) is 23.8 Å². The zero-order chi connectivity index (χ0) is 26.7. The molecule has 190 valence electrons. The maximum Gasteiger partial charge on any atom is 0.234 e. The Kier molecular flexibility index (Phi) is 10.9. The van der Waals surface area contributed by atoms with E-state index >= 15 is 0 Å². The van der Waals surface area contributed by atoms with Crippen LogP contribution in [0.4, 0.5) is 13.2 Å². The smallest absolute Gasteiger partial charge is 0.234 e. The van der Waals surface area contributed by atoms with E-state index in [-0.39, 0.29) is 17.9 Å². The molecule has 0 fully saturated rings. The molecular formula is C25H27F3N6O2. The molecule has 36 heavy (non-hydrogen) atoms. The third-order valence-corrected chi connectivity index (χ3v) is 5.28. The van der Waals surface area contributed by atoms with Crippen LogP contribution in [0.15, 0.2) is 76.6 Å². The quantitative estimate of drug-likeness (QED) is 0.129. The molecule has 0 aliphatic rings. The van der Waals surface area contributed by atoms with Crippen molar-refractivity contribution < 1.29 is 23.1 Å². The molecule has 4 N–H and O–H groups in total. The van der Waals surface area contributed by atoms with Gasteiger partial charge in [-0.2, -0.15) is 0 Å². The van der Waals surface area contributed by atoms with Gasteiger partial charge in [-0.3, -0.25) is 9.79 Å². The average Bonchev–Trinajstić information content (AvgIpc) is 2.84. The molecule has 3 atom stereocenters. The van der Waals surface area contributed by atoms with Gasteiger partial charge in [0.25, 0.3) is 0 Å². The maximum absolute atomic E-state index is 14.1. The first-order valence-corrected chi connectivity index (χ1v) is 11.0. The van der Waals surface area contributed by atoms with Gasteiger partial charge in [-0.25, -0.2) is 13.2 Å². The number of rotatable bonds is 12. The third-order valence-electron chi connectivity index (χ3n) is 5.28. The number of carbonyl (C=O) groups is 1. The summed E-state index contributed by atoms with van der Waals surface area (Å²) in [6.07, 6.45) is 3.50. The number of aliphatic imine (C=N–C) groups is 1. The SMILES string of the molecule is C=C(CC[C@H](N)CO)/C(=C\N=CC)NC(=O)[C@@H](N=[N+]=[N-])[C@@H](c1ccc(F)cc1)c1cc(F)cc(F)c1.